The first-order chi connectivity index (χ1) is 7.67. The summed E-state index contributed by atoms with van der Waals surface area (Å²) in [6, 6.07) is 5.44. The van der Waals surface area contributed by atoms with Crippen molar-refractivity contribution in [2.45, 2.75) is 17.9 Å². The van der Waals surface area contributed by atoms with Crippen LogP contribution >= 0.6 is 0 Å². The van der Waals surface area contributed by atoms with Gasteiger partial charge in [0.05, 0.1) is 0 Å². The van der Waals surface area contributed by atoms with E-state index in [1.54, 1.807) is 0 Å². The van der Waals surface area contributed by atoms with Crippen LogP contribution in [-0.4, -0.2) is 19.1 Å². The Labute approximate surface area is 93.4 Å². The monoisotopic (exact) mass is 257 g/mol. The van der Waals surface area contributed by atoms with Crippen molar-refractivity contribution in [3.8, 4) is 0 Å². The highest BCUT2D eigenvalue weighted by molar-refractivity contribution is 5.25. The second-order valence-electron chi connectivity index (χ2n) is 3.35. The van der Waals surface area contributed by atoms with Crippen LogP contribution in [0.4, 0.5) is 26.3 Å². The molecule has 0 aromatic heterocycles. The van der Waals surface area contributed by atoms with E-state index in [0.29, 0.717) is 7.05 Å². The third-order valence-corrected chi connectivity index (χ3v) is 2.30. The maximum Gasteiger partial charge on any atom is 0.458 e. The Morgan fingerprint density at radius 1 is 0.882 bits per heavy atom. The minimum atomic E-state index is -5.99. The van der Waals surface area contributed by atoms with Gasteiger partial charge in [-0.25, -0.2) is 4.39 Å². The summed E-state index contributed by atoms with van der Waals surface area (Å²) in [6.07, 6.45) is -5.99. The summed E-state index contributed by atoms with van der Waals surface area (Å²) in [6.45, 7) is 0. The molecule has 1 aromatic rings. The Morgan fingerprint density at radius 3 is 1.71 bits per heavy atom. The molecule has 1 aromatic carbocycles. The van der Waals surface area contributed by atoms with Gasteiger partial charge in [-0.2, -0.15) is 22.0 Å². The van der Waals surface area contributed by atoms with E-state index in [2.05, 4.69) is 0 Å². The van der Waals surface area contributed by atoms with Crippen molar-refractivity contribution in [3.63, 3.8) is 0 Å². The van der Waals surface area contributed by atoms with Crippen molar-refractivity contribution in [2.24, 2.45) is 0 Å². The Hall–Kier alpha value is -1.24. The summed E-state index contributed by atoms with van der Waals surface area (Å²) < 4.78 is 76.7. The highest BCUT2D eigenvalue weighted by Gasteiger charge is 2.71. The zero-order valence-corrected chi connectivity index (χ0v) is 8.65. The molecule has 0 saturated carbocycles. The van der Waals surface area contributed by atoms with Crippen molar-refractivity contribution < 1.29 is 26.3 Å². The summed E-state index contributed by atoms with van der Waals surface area (Å²) in [5.74, 6) is -9.53. The number of nitrogens with one attached hydrogen (secondary N) is 1. The van der Waals surface area contributed by atoms with Crippen molar-refractivity contribution in [1.82, 2.24) is 5.32 Å². The van der Waals surface area contributed by atoms with Gasteiger partial charge in [0.15, 0.2) is 0 Å². The molecule has 1 rings (SSSR count). The number of benzene rings is 1. The lowest BCUT2D eigenvalue weighted by Crippen LogP contribution is -2.58. The topological polar surface area (TPSA) is 12.0 Å². The smallest absolute Gasteiger partial charge is 0.279 e. The predicted molar refractivity (Wildman–Crippen MR) is 49.3 cm³/mol. The zero-order valence-electron chi connectivity index (χ0n) is 8.65. The summed E-state index contributed by atoms with van der Waals surface area (Å²) in [7, 11) is 0.701. The number of alkyl halides is 6. The van der Waals surface area contributed by atoms with Gasteiger partial charge in [-0.15, -0.1) is 0 Å². The Kier molecular flexibility index (Phi) is 3.42. The van der Waals surface area contributed by atoms with Gasteiger partial charge in [-0.05, 0) is 7.05 Å². The largest absolute Gasteiger partial charge is 0.458 e. The van der Waals surface area contributed by atoms with Crippen LogP contribution < -0.4 is 5.32 Å². The van der Waals surface area contributed by atoms with E-state index in [1.165, 1.54) is 23.5 Å². The van der Waals surface area contributed by atoms with Gasteiger partial charge in [-0.1, -0.05) is 30.3 Å². The summed E-state index contributed by atoms with van der Waals surface area (Å²) in [4.78, 5) is 0. The molecule has 1 N–H and O–H groups in total. The summed E-state index contributed by atoms with van der Waals surface area (Å²) >= 11 is 0. The number of rotatable bonds is 3. The second-order valence-corrected chi connectivity index (χ2v) is 3.35. The quantitative estimate of drug-likeness (QED) is 0.647. The molecule has 0 aliphatic rings. The maximum atomic E-state index is 13.9. The van der Waals surface area contributed by atoms with Crippen molar-refractivity contribution in [1.29, 1.82) is 0 Å². The molecule has 96 valence electrons. The summed E-state index contributed by atoms with van der Waals surface area (Å²) in [5, 5.41) is 1.40. The first-order valence-corrected chi connectivity index (χ1v) is 4.54. The molecule has 0 aliphatic heterocycles. The lowest BCUT2D eigenvalue weighted by Gasteiger charge is -2.34. The minimum absolute atomic E-state index is 0.701. The Bertz CT molecular complexity index is 374. The van der Waals surface area contributed by atoms with Crippen LogP contribution in [0, 0.1) is 0 Å². The van der Waals surface area contributed by atoms with Gasteiger partial charge >= 0.3 is 12.1 Å². The average molecular weight is 257 g/mol. The fourth-order valence-corrected chi connectivity index (χ4v) is 1.35. The van der Waals surface area contributed by atoms with Crippen LogP contribution in [0.2, 0.25) is 0 Å². The molecule has 0 aliphatic carbocycles. The van der Waals surface area contributed by atoms with Crippen molar-refractivity contribution in [3.05, 3.63) is 35.9 Å². The first-order valence-electron chi connectivity index (χ1n) is 4.54. The van der Waals surface area contributed by atoms with Gasteiger partial charge in [0, 0.05) is 5.56 Å². The van der Waals surface area contributed by atoms with Gasteiger partial charge in [0.2, 0.25) is 0 Å². The molecule has 7 heteroatoms. The SMILES string of the molecule is CNC(F)(c1ccccc1)C(F)(F)C(F)(F)F. The van der Waals surface area contributed by atoms with Crippen LogP contribution in [0.3, 0.4) is 0 Å². The summed E-state index contributed by atoms with van der Waals surface area (Å²) in [5.41, 5.74) is -0.787. The number of hydrogen-bond acceptors (Lipinski definition) is 1. The van der Waals surface area contributed by atoms with Crippen LogP contribution in [0.5, 0.6) is 0 Å². The van der Waals surface area contributed by atoms with Crippen LogP contribution in [-0.2, 0) is 5.79 Å². The van der Waals surface area contributed by atoms with Gasteiger partial charge < -0.3 is 0 Å². The fourth-order valence-electron chi connectivity index (χ4n) is 1.35. The third-order valence-electron chi connectivity index (χ3n) is 2.30. The highest BCUT2D eigenvalue weighted by Crippen LogP contribution is 2.48. The normalized spacial score (nSPS) is 16.6. The Balaban J connectivity index is 3.31. The molecule has 17 heavy (non-hydrogen) atoms. The Morgan fingerprint density at radius 2 is 1.35 bits per heavy atom. The predicted octanol–water partition coefficient (Wildman–Crippen LogP) is 3.23. The van der Waals surface area contributed by atoms with E-state index in [4.69, 9.17) is 0 Å². The molecule has 0 fully saturated rings. The molecule has 0 heterocycles. The average Bonchev–Trinajstić information content (AvgIpc) is 2.27. The lowest BCUT2D eigenvalue weighted by molar-refractivity contribution is -0.336. The molecule has 0 bridgehead atoms. The molecule has 0 amide bonds. The molecule has 0 radical (unpaired) electrons. The standard InChI is InChI=1S/C10H9F6N/c1-17-8(11,7-5-3-2-4-6-7)9(12,13)10(14,15)16/h2-6,17H,1H3. The maximum absolute atomic E-state index is 13.9. The molecule has 0 spiro atoms. The number of hydrogen-bond donors (Lipinski definition) is 1. The van der Waals surface area contributed by atoms with Gasteiger partial charge in [-0.3, -0.25) is 5.32 Å². The van der Waals surface area contributed by atoms with E-state index >= 15 is 0 Å². The van der Waals surface area contributed by atoms with Gasteiger partial charge in [0.1, 0.15) is 0 Å². The molecular formula is C10H9F6N. The van der Waals surface area contributed by atoms with E-state index < -0.39 is 23.5 Å². The van der Waals surface area contributed by atoms with E-state index in [9.17, 15) is 26.3 Å². The number of halogens is 6. The minimum Gasteiger partial charge on any atom is -0.279 e. The van der Waals surface area contributed by atoms with E-state index in [0.717, 1.165) is 12.1 Å². The van der Waals surface area contributed by atoms with Crippen LogP contribution in [0.15, 0.2) is 30.3 Å². The molecule has 0 saturated heterocycles. The van der Waals surface area contributed by atoms with Crippen LogP contribution in [0.1, 0.15) is 5.56 Å². The highest BCUT2D eigenvalue weighted by atomic mass is 19.4. The molecular weight excluding hydrogens is 248 g/mol. The van der Waals surface area contributed by atoms with Crippen molar-refractivity contribution >= 4 is 0 Å². The third kappa shape index (κ3) is 2.11. The molecule has 1 unspecified atom stereocenters. The van der Waals surface area contributed by atoms with Gasteiger partial charge in [0.25, 0.3) is 5.79 Å². The van der Waals surface area contributed by atoms with E-state index in [-0.39, 0.29) is 0 Å². The first kappa shape index (κ1) is 13.8. The van der Waals surface area contributed by atoms with Crippen LogP contribution in [0.25, 0.3) is 0 Å². The lowest BCUT2D eigenvalue weighted by atomic mass is 9.97. The second kappa shape index (κ2) is 4.21. The van der Waals surface area contributed by atoms with Crippen molar-refractivity contribution in [2.75, 3.05) is 7.05 Å². The molecule has 1 atom stereocenters. The molecule has 1 nitrogen and oxygen atoms in total. The van der Waals surface area contributed by atoms with E-state index in [1.807, 2.05) is 0 Å². The zero-order chi connectivity index (χ0) is 13.3. The fraction of sp³-hybridized carbons (Fsp3) is 0.400.